The topological polar surface area (TPSA) is 49.4 Å². The number of amides is 2. The van der Waals surface area contributed by atoms with Gasteiger partial charge in [-0.05, 0) is 42.0 Å². The Labute approximate surface area is 138 Å². The molecule has 0 aliphatic carbocycles. The summed E-state index contributed by atoms with van der Waals surface area (Å²) in [6.45, 7) is -0.0865. The zero-order valence-electron chi connectivity index (χ0n) is 12.6. The highest BCUT2D eigenvalue weighted by Crippen LogP contribution is 2.13. The second-order valence-electron chi connectivity index (χ2n) is 5.11. The molecule has 0 saturated heterocycles. The Balaban J connectivity index is 1.87. The molecule has 0 radical (unpaired) electrons. The van der Waals surface area contributed by atoms with Gasteiger partial charge in [0.05, 0.1) is 13.0 Å². The lowest BCUT2D eigenvalue weighted by Crippen LogP contribution is -2.35. The highest BCUT2D eigenvalue weighted by Gasteiger charge is 2.14. The first-order valence-corrected chi connectivity index (χ1v) is 7.35. The molecule has 1 N–H and O–H groups in total. The average molecular weight is 335 g/mol. The van der Waals surface area contributed by atoms with Crippen LogP contribution in [0.5, 0.6) is 0 Å². The van der Waals surface area contributed by atoms with Crippen LogP contribution in [-0.2, 0) is 16.0 Å². The molecule has 0 bridgehead atoms. The smallest absolute Gasteiger partial charge is 0.243 e. The number of benzene rings is 2. The number of nitrogens with zero attached hydrogens (tertiary/aromatic N) is 1. The SMILES string of the molecule is CN(CC(=O)Nc1ccc(Cl)cc1)C(=O)Cc1cccc(F)c1. The van der Waals surface area contributed by atoms with Crippen molar-refractivity contribution in [3.05, 3.63) is 64.9 Å². The molecular formula is C17H16ClFN2O2. The van der Waals surface area contributed by atoms with E-state index in [4.69, 9.17) is 11.6 Å². The first-order chi connectivity index (χ1) is 10.9. The van der Waals surface area contributed by atoms with Crippen LogP contribution in [0.2, 0.25) is 5.02 Å². The summed E-state index contributed by atoms with van der Waals surface area (Å²) in [4.78, 5) is 25.3. The third-order valence-electron chi connectivity index (χ3n) is 3.18. The van der Waals surface area contributed by atoms with Gasteiger partial charge in [-0.2, -0.15) is 0 Å². The van der Waals surface area contributed by atoms with Crippen molar-refractivity contribution in [2.75, 3.05) is 18.9 Å². The summed E-state index contributed by atoms with van der Waals surface area (Å²) in [5.41, 5.74) is 1.17. The minimum absolute atomic E-state index is 0.0441. The fraction of sp³-hybridized carbons (Fsp3) is 0.176. The lowest BCUT2D eigenvalue weighted by Gasteiger charge is -2.17. The van der Waals surface area contributed by atoms with Gasteiger partial charge in [-0.15, -0.1) is 0 Å². The highest BCUT2D eigenvalue weighted by molar-refractivity contribution is 6.30. The molecule has 120 valence electrons. The molecule has 0 spiro atoms. The molecule has 0 aliphatic heterocycles. The molecule has 2 aromatic carbocycles. The van der Waals surface area contributed by atoms with Crippen LogP contribution in [0.15, 0.2) is 48.5 Å². The van der Waals surface area contributed by atoms with E-state index in [9.17, 15) is 14.0 Å². The Bertz CT molecular complexity index is 704. The molecule has 23 heavy (non-hydrogen) atoms. The van der Waals surface area contributed by atoms with Crippen LogP contribution >= 0.6 is 11.6 Å². The number of rotatable bonds is 5. The number of likely N-dealkylation sites (N-methyl/N-ethyl adjacent to an activating group) is 1. The number of hydrogen-bond acceptors (Lipinski definition) is 2. The molecule has 0 aliphatic rings. The van der Waals surface area contributed by atoms with Gasteiger partial charge in [0, 0.05) is 17.8 Å². The average Bonchev–Trinajstić information content (AvgIpc) is 2.49. The minimum Gasteiger partial charge on any atom is -0.336 e. The van der Waals surface area contributed by atoms with Crippen molar-refractivity contribution in [3.8, 4) is 0 Å². The van der Waals surface area contributed by atoms with E-state index in [0.717, 1.165) is 0 Å². The third-order valence-corrected chi connectivity index (χ3v) is 3.43. The summed E-state index contributed by atoms with van der Waals surface area (Å²) >= 11 is 5.77. The van der Waals surface area contributed by atoms with Gasteiger partial charge in [-0.3, -0.25) is 9.59 Å². The molecule has 0 atom stereocenters. The quantitative estimate of drug-likeness (QED) is 0.913. The van der Waals surface area contributed by atoms with E-state index in [1.165, 1.54) is 24.1 Å². The van der Waals surface area contributed by atoms with E-state index in [1.54, 1.807) is 36.4 Å². The molecule has 0 aromatic heterocycles. The maximum absolute atomic E-state index is 13.1. The Morgan fingerprint density at radius 3 is 2.52 bits per heavy atom. The van der Waals surface area contributed by atoms with Crippen LogP contribution in [0.4, 0.5) is 10.1 Å². The maximum atomic E-state index is 13.1. The van der Waals surface area contributed by atoms with Crippen molar-refractivity contribution in [2.45, 2.75) is 6.42 Å². The lowest BCUT2D eigenvalue weighted by molar-refractivity contribution is -0.132. The molecule has 0 saturated carbocycles. The summed E-state index contributed by atoms with van der Waals surface area (Å²) in [7, 11) is 1.53. The first-order valence-electron chi connectivity index (χ1n) is 6.98. The summed E-state index contributed by atoms with van der Waals surface area (Å²) < 4.78 is 13.1. The van der Waals surface area contributed by atoms with Crippen molar-refractivity contribution < 1.29 is 14.0 Å². The van der Waals surface area contributed by atoms with Gasteiger partial charge in [0.1, 0.15) is 5.82 Å². The van der Waals surface area contributed by atoms with Crippen LogP contribution in [0, 0.1) is 5.82 Å². The van der Waals surface area contributed by atoms with Gasteiger partial charge in [0.15, 0.2) is 0 Å². The Hall–Kier alpha value is -2.40. The first kappa shape index (κ1) is 17.0. The number of nitrogens with one attached hydrogen (secondary N) is 1. The van der Waals surface area contributed by atoms with E-state index in [-0.39, 0.29) is 24.8 Å². The van der Waals surface area contributed by atoms with E-state index >= 15 is 0 Å². The van der Waals surface area contributed by atoms with Gasteiger partial charge < -0.3 is 10.2 Å². The molecule has 2 rings (SSSR count). The fourth-order valence-corrected chi connectivity index (χ4v) is 2.12. The van der Waals surface area contributed by atoms with Gasteiger partial charge in [-0.1, -0.05) is 23.7 Å². The van der Waals surface area contributed by atoms with Crippen LogP contribution < -0.4 is 5.32 Å². The molecule has 0 unspecified atom stereocenters. The largest absolute Gasteiger partial charge is 0.336 e. The van der Waals surface area contributed by atoms with Crippen LogP contribution in [0.3, 0.4) is 0 Å². The molecule has 0 heterocycles. The second-order valence-corrected chi connectivity index (χ2v) is 5.55. The fourth-order valence-electron chi connectivity index (χ4n) is 1.99. The molecule has 2 aromatic rings. The van der Waals surface area contributed by atoms with Crippen molar-refractivity contribution in [2.24, 2.45) is 0 Å². The second kappa shape index (κ2) is 7.74. The van der Waals surface area contributed by atoms with Crippen LogP contribution in [0.1, 0.15) is 5.56 Å². The summed E-state index contributed by atoms with van der Waals surface area (Å²) in [6, 6.07) is 12.5. The molecule has 4 nitrogen and oxygen atoms in total. The number of carbonyl (C=O) groups is 2. The van der Waals surface area contributed by atoms with E-state index in [2.05, 4.69) is 5.32 Å². The van der Waals surface area contributed by atoms with Crippen molar-refractivity contribution in [1.82, 2.24) is 4.90 Å². The van der Waals surface area contributed by atoms with E-state index < -0.39 is 5.82 Å². The number of anilines is 1. The standard InChI is InChI=1S/C17H16ClFN2O2/c1-21(17(23)10-12-3-2-4-14(19)9-12)11-16(22)20-15-7-5-13(18)6-8-15/h2-9H,10-11H2,1H3,(H,20,22). The number of hydrogen-bond donors (Lipinski definition) is 1. The lowest BCUT2D eigenvalue weighted by atomic mass is 10.1. The van der Waals surface area contributed by atoms with Gasteiger partial charge in [-0.25, -0.2) is 4.39 Å². The monoisotopic (exact) mass is 334 g/mol. The van der Waals surface area contributed by atoms with Crippen molar-refractivity contribution >= 4 is 29.1 Å². The number of carbonyl (C=O) groups excluding carboxylic acids is 2. The zero-order chi connectivity index (χ0) is 16.8. The maximum Gasteiger partial charge on any atom is 0.243 e. The Morgan fingerprint density at radius 2 is 1.87 bits per heavy atom. The predicted molar refractivity (Wildman–Crippen MR) is 87.8 cm³/mol. The molecule has 0 fully saturated rings. The minimum atomic E-state index is -0.390. The number of halogens is 2. The molecule has 6 heteroatoms. The summed E-state index contributed by atoms with van der Waals surface area (Å²) in [5.74, 6) is -0.970. The molecular weight excluding hydrogens is 319 g/mol. The van der Waals surface area contributed by atoms with Gasteiger partial charge in [0.25, 0.3) is 0 Å². The summed E-state index contributed by atoms with van der Waals surface area (Å²) in [5, 5.41) is 3.25. The van der Waals surface area contributed by atoms with E-state index in [1.807, 2.05) is 0 Å². The predicted octanol–water partition coefficient (Wildman–Crippen LogP) is 3.12. The van der Waals surface area contributed by atoms with Crippen LogP contribution in [-0.4, -0.2) is 30.3 Å². The van der Waals surface area contributed by atoms with Gasteiger partial charge in [0.2, 0.25) is 11.8 Å². The normalized spacial score (nSPS) is 10.2. The van der Waals surface area contributed by atoms with Gasteiger partial charge >= 0.3 is 0 Å². The van der Waals surface area contributed by atoms with E-state index in [0.29, 0.717) is 16.3 Å². The third kappa shape index (κ3) is 5.38. The Kier molecular flexibility index (Phi) is 5.71. The van der Waals surface area contributed by atoms with Crippen molar-refractivity contribution in [3.63, 3.8) is 0 Å². The Morgan fingerprint density at radius 1 is 1.17 bits per heavy atom. The summed E-state index contributed by atoms with van der Waals surface area (Å²) in [6.07, 6.45) is 0.0441. The van der Waals surface area contributed by atoms with Crippen molar-refractivity contribution in [1.29, 1.82) is 0 Å². The highest BCUT2D eigenvalue weighted by atomic mass is 35.5. The van der Waals surface area contributed by atoms with Crippen LogP contribution in [0.25, 0.3) is 0 Å². The molecule has 2 amide bonds. The zero-order valence-corrected chi connectivity index (χ0v) is 13.3.